The molecule has 0 aromatic heterocycles. The normalized spacial score (nSPS) is 10.5. The van der Waals surface area contributed by atoms with E-state index in [0.717, 1.165) is 0 Å². The van der Waals surface area contributed by atoms with Crippen LogP contribution in [0.5, 0.6) is 5.75 Å². The summed E-state index contributed by atoms with van der Waals surface area (Å²) in [7, 11) is 1.42. The second-order valence-electron chi connectivity index (χ2n) is 2.85. The van der Waals surface area contributed by atoms with E-state index >= 15 is 0 Å². The lowest BCUT2D eigenvalue weighted by Crippen LogP contribution is -1.92. The van der Waals surface area contributed by atoms with Crippen LogP contribution in [-0.2, 0) is 4.79 Å². The summed E-state index contributed by atoms with van der Waals surface area (Å²) in [6, 6.07) is 3.08. The van der Waals surface area contributed by atoms with Gasteiger partial charge in [-0.2, -0.15) is 0 Å². The third kappa shape index (κ3) is 2.19. The molecule has 0 saturated heterocycles. The molecule has 0 bridgehead atoms. The lowest BCUT2D eigenvalue weighted by Gasteiger charge is -2.06. The Morgan fingerprint density at radius 2 is 2.14 bits per heavy atom. The molecule has 0 aliphatic carbocycles. The Bertz CT molecular complexity index is 347. The second-order valence-corrected chi connectivity index (χ2v) is 2.85. The molecule has 1 aromatic rings. The predicted molar refractivity (Wildman–Crippen MR) is 52.8 cm³/mol. The molecule has 1 aromatic carbocycles. The maximum Gasteiger partial charge on any atom is 0.165 e. The van der Waals surface area contributed by atoms with Crippen molar-refractivity contribution in [2.75, 3.05) is 7.11 Å². The summed E-state index contributed by atoms with van der Waals surface area (Å²) in [5, 5.41) is 0. The number of aldehydes is 1. The van der Waals surface area contributed by atoms with E-state index < -0.39 is 5.82 Å². The number of allylic oxidation sites excluding steroid dienone is 1. The van der Waals surface area contributed by atoms with Gasteiger partial charge in [0.15, 0.2) is 11.6 Å². The first-order valence-electron chi connectivity index (χ1n) is 4.15. The molecule has 14 heavy (non-hydrogen) atoms. The largest absolute Gasteiger partial charge is 0.493 e. The topological polar surface area (TPSA) is 26.3 Å². The molecule has 0 heterocycles. The van der Waals surface area contributed by atoms with Crippen LogP contribution in [0, 0.1) is 12.7 Å². The molecule has 0 radical (unpaired) electrons. The Morgan fingerprint density at radius 1 is 1.43 bits per heavy atom. The van der Waals surface area contributed by atoms with E-state index in [1.54, 1.807) is 19.1 Å². The van der Waals surface area contributed by atoms with E-state index in [0.29, 0.717) is 17.4 Å². The molecule has 74 valence electrons. The van der Waals surface area contributed by atoms with Crippen LogP contribution < -0.4 is 4.74 Å². The number of ether oxygens (including phenoxy) is 1. The van der Waals surface area contributed by atoms with Gasteiger partial charge in [-0.3, -0.25) is 4.79 Å². The van der Waals surface area contributed by atoms with Crippen LogP contribution in [0.1, 0.15) is 11.1 Å². The van der Waals surface area contributed by atoms with Crippen LogP contribution in [-0.4, -0.2) is 13.4 Å². The second kappa shape index (κ2) is 4.56. The van der Waals surface area contributed by atoms with Gasteiger partial charge in [-0.05, 0) is 36.3 Å². The van der Waals surface area contributed by atoms with E-state index in [-0.39, 0.29) is 5.75 Å². The SMILES string of the molecule is COc1c(C)cc(/C=C/C=O)cc1F. The molecule has 2 nitrogen and oxygen atoms in total. The van der Waals surface area contributed by atoms with E-state index in [1.807, 2.05) is 0 Å². The molecule has 0 aliphatic rings. The summed E-state index contributed by atoms with van der Waals surface area (Å²) in [6.45, 7) is 1.75. The highest BCUT2D eigenvalue weighted by atomic mass is 19.1. The summed E-state index contributed by atoms with van der Waals surface area (Å²) in [5.74, 6) is -0.175. The number of aryl methyl sites for hydroxylation is 1. The van der Waals surface area contributed by atoms with Crippen molar-refractivity contribution in [3.8, 4) is 5.75 Å². The molecule has 3 heteroatoms. The standard InChI is InChI=1S/C11H11FO2/c1-8-6-9(4-3-5-13)7-10(12)11(8)14-2/h3-7H,1-2H3/b4-3+. The third-order valence-electron chi connectivity index (χ3n) is 1.82. The number of methoxy groups -OCH3 is 1. The molecular weight excluding hydrogens is 183 g/mol. The van der Waals surface area contributed by atoms with E-state index in [4.69, 9.17) is 4.74 Å². The lowest BCUT2D eigenvalue weighted by atomic mass is 10.1. The Labute approximate surface area is 82.0 Å². The minimum absolute atomic E-state index is 0.244. The summed E-state index contributed by atoms with van der Waals surface area (Å²) >= 11 is 0. The summed E-state index contributed by atoms with van der Waals surface area (Å²) in [5.41, 5.74) is 1.35. The number of hydrogen-bond acceptors (Lipinski definition) is 2. The van der Waals surface area contributed by atoms with Gasteiger partial charge in [0.2, 0.25) is 0 Å². The van der Waals surface area contributed by atoms with Crippen molar-refractivity contribution >= 4 is 12.4 Å². The highest BCUT2D eigenvalue weighted by molar-refractivity contribution is 5.74. The number of halogens is 1. The fraction of sp³-hybridized carbons (Fsp3) is 0.182. The minimum atomic E-state index is -0.418. The minimum Gasteiger partial charge on any atom is -0.493 e. The monoisotopic (exact) mass is 194 g/mol. The maximum absolute atomic E-state index is 13.3. The van der Waals surface area contributed by atoms with E-state index in [1.165, 1.54) is 19.3 Å². The van der Waals surface area contributed by atoms with Crippen LogP contribution in [0.3, 0.4) is 0 Å². The molecule has 0 unspecified atom stereocenters. The van der Waals surface area contributed by atoms with Gasteiger partial charge >= 0.3 is 0 Å². The fourth-order valence-corrected chi connectivity index (χ4v) is 1.26. The highest BCUT2D eigenvalue weighted by Crippen LogP contribution is 2.23. The predicted octanol–water partition coefficient (Wildman–Crippen LogP) is 2.35. The molecule has 0 aliphatic heterocycles. The quantitative estimate of drug-likeness (QED) is 0.545. The number of carbonyl (C=O) groups excluding carboxylic acids is 1. The highest BCUT2D eigenvalue weighted by Gasteiger charge is 2.06. The van der Waals surface area contributed by atoms with Crippen LogP contribution in [0.15, 0.2) is 18.2 Å². The van der Waals surface area contributed by atoms with Gasteiger partial charge in [0.05, 0.1) is 7.11 Å². The third-order valence-corrected chi connectivity index (χ3v) is 1.82. The van der Waals surface area contributed by atoms with Crippen molar-refractivity contribution in [2.45, 2.75) is 6.92 Å². The van der Waals surface area contributed by atoms with Gasteiger partial charge in [-0.25, -0.2) is 4.39 Å². The van der Waals surface area contributed by atoms with E-state index in [2.05, 4.69) is 0 Å². The van der Waals surface area contributed by atoms with Crippen molar-refractivity contribution in [1.29, 1.82) is 0 Å². The Balaban J connectivity index is 3.13. The van der Waals surface area contributed by atoms with Gasteiger partial charge in [-0.1, -0.05) is 6.08 Å². The first-order chi connectivity index (χ1) is 6.69. The molecule has 1 rings (SSSR count). The zero-order valence-electron chi connectivity index (χ0n) is 8.08. The van der Waals surface area contributed by atoms with Gasteiger partial charge in [0.25, 0.3) is 0 Å². The molecule has 0 N–H and O–H groups in total. The Hall–Kier alpha value is -1.64. The summed E-state index contributed by atoms with van der Waals surface area (Å²) in [4.78, 5) is 10.1. The summed E-state index contributed by atoms with van der Waals surface area (Å²) < 4.78 is 18.2. The molecule has 0 spiro atoms. The van der Waals surface area contributed by atoms with Crippen LogP contribution >= 0.6 is 0 Å². The maximum atomic E-state index is 13.3. The lowest BCUT2D eigenvalue weighted by molar-refractivity contribution is -0.104. The smallest absolute Gasteiger partial charge is 0.165 e. The first kappa shape index (κ1) is 10.4. The molecule has 0 saturated carbocycles. The van der Waals surface area contributed by atoms with Crippen LogP contribution in [0.4, 0.5) is 4.39 Å². The first-order valence-corrected chi connectivity index (χ1v) is 4.15. The van der Waals surface area contributed by atoms with Gasteiger partial charge in [-0.15, -0.1) is 0 Å². The zero-order chi connectivity index (χ0) is 10.6. The van der Waals surface area contributed by atoms with Gasteiger partial charge in [0, 0.05) is 0 Å². The molecule has 0 fully saturated rings. The van der Waals surface area contributed by atoms with Crippen molar-refractivity contribution in [1.82, 2.24) is 0 Å². The number of rotatable bonds is 3. The average molecular weight is 194 g/mol. The molecular formula is C11H11FO2. The van der Waals surface area contributed by atoms with Crippen molar-refractivity contribution < 1.29 is 13.9 Å². The van der Waals surface area contributed by atoms with Crippen molar-refractivity contribution in [3.63, 3.8) is 0 Å². The van der Waals surface area contributed by atoms with Crippen LogP contribution in [0.25, 0.3) is 6.08 Å². The van der Waals surface area contributed by atoms with Gasteiger partial charge in [0.1, 0.15) is 6.29 Å². The number of carbonyl (C=O) groups is 1. The zero-order valence-corrected chi connectivity index (χ0v) is 8.08. The Morgan fingerprint density at radius 3 is 2.64 bits per heavy atom. The van der Waals surface area contributed by atoms with Crippen LogP contribution in [0.2, 0.25) is 0 Å². The number of hydrogen-bond donors (Lipinski definition) is 0. The van der Waals surface area contributed by atoms with Crippen molar-refractivity contribution in [2.24, 2.45) is 0 Å². The Kier molecular flexibility index (Phi) is 3.40. The number of benzene rings is 1. The molecule has 0 amide bonds. The van der Waals surface area contributed by atoms with E-state index in [9.17, 15) is 9.18 Å². The average Bonchev–Trinajstić information content (AvgIpc) is 2.14. The van der Waals surface area contributed by atoms with Crippen molar-refractivity contribution in [3.05, 3.63) is 35.2 Å². The molecule has 0 atom stereocenters. The fourth-order valence-electron chi connectivity index (χ4n) is 1.26. The van der Waals surface area contributed by atoms with Gasteiger partial charge < -0.3 is 4.74 Å². The summed E-state index contributed by atoms with van der Waals surface area (Å²) in [6.07, 6.45) is 3.51.